The summed E-state index contributed by atoms with van der Waals surface area (Å²) in [6.45, 7) is 0.747. The number of nitrogens with zero attached hydrogens (tertiary/aromatic N) is 3. The highest BCUT2D eigenvalue weighted by Gasteiger charge is 2.23. The first-order chi connectivity index (χ1) is 17.5. The number of carbonyl (C=O) groups excluding carboxylic acids is 1. The molecule has 2 aromatic carbocycles. The first-order valence-corrected chi connectivity index (χ1v) is 11.9. The number of fused-ring (bicyclic) bond motifs is 1. The molecule has 2 aliphatic rings. The van der Waals surface area contributed by atoms with E-state index < -0.39 is 6.61 Å². The molecule has 0 unspecified atom stereocenters. The number of anilines is 5. The average molecular weight is 516 g/mol. The Balaban J connectivity index is 1.41. The van der Waals surface area contributed by atoms with Gasteiger partial charge in [-0.1, -0.05) is 23.7 Å². The van der Waals surface area contributed by atoms with Crippen LogP contribution in [0.5, 0.6) is 5.75 Å². The molecule has 0 spiro atoms. The van der Waals surface area contributed by atoms with E-state index in [1.54, 1.807) is 18.2 Å². The molecular formula is C24H24ClF2N7O2. The number of rotatable bonds is 7. The number of halogens is 3. The van der Waals surface area contributed by atoms with E-state index in [0.29, 0.717) is 17.8 Å². The highest BCUT2D eigenvalue weighted by atomic mass is 35.5. The minimum atomic E-state index is -3.00. The summed E-state index contributed by atoms with van der Waals surface area (Å²) in [6, 6.07) is 10.5. The quantitative estimate of drug-likeness (QED) is 0.370. The standard InChI is InChI=1S/C24H24ClF2N7O2/c25-16-13-30-24(33-21(16)31-18-4-1-3-14-12-29-22(35)20(14)18)32-17-6-5-15(11-19(17)36-23(26)27)34-9-2-7-28-8-10-34/h1,3-6,11,13,23,28H,2,7-10,12H2,(H,29,35)(H2,30,31,32,33). The van der Waals surface area contributed by atoms with Gasteiger partial charge in [-0.05, 0) is 36.7 Å². The van der Waals surface area contributed by atoms with Gasteiger partial charge in [0.2, 0.25) is 5.95 Å². The molecule has 1 amide bonds. The molecular weight excluding hydrogens is 492 g/mol. The zero-order valence-electron chi connectivity index (χ0n) is 19.2. The van der Waals surface area contributed by atoms with Crippen molar-refractivity contribution in [2.24, 2.45) is 0 Å². The number of hydrogen-bond donors (Lipinski definition) is 4. The zero-order valence-corrected chi connectivity index (χ0v) is 19.9. The van der Waals surface area contributed by atoms with Gasteiger partial charge >= 0.3 is 6.61 Å². The van der Waals surface area contributed by atoms with Crippen LogP contribution in [-0.4, -0.2) is 48.7 Å². The molecule has 1 saturated heterocycles. The predicted octanol–water partition coefficient (Wildman–Crippen LogP) is 4.26. The van der Waals surface area contributed by atoms with Crippen LogP contribution in [-0.2, 0) is 6.54 Å². The normalized spacial score (nSPS) is 15.3. The highest BCUT2D eigenvalue weighted by molar-refractivity contribution is 6.33. The fraction of sp³-hybridized carbons (Fsp3) is 0.292. The van der Waals surface area contributed by atoms with E-state index in [9.17, 15) is 13.6 Å². The molecule has 2 aliphatic heterocycles. The Morgan fingerprint density at radius 2 is 2.00 bits per heavy atom. The van der Waals surface area contributed by atoms with E-state index in [-0.39, 0.29) is 34.1 Å². The number of aromatic nitrogens is 2. The lowest BCUT2D eigenvalue weighted by Crippen LogP contribution is -2.27. The minimum Gasteiger partial charge on any atom is -0.433 e. The average Bonchev–Trinajstić information content (AvgIpc) is 3.05. The van der Waals surface area contributed by atoms with Crippen LogP contribution in [0.15, 0.2) is 42.6 Å². The van der Waals surface area contributed by atoms with Crippen molar-refractivity contribution >= 4 is 46.3 Å². The second kappa shape index (κ2) is 10.5. The monoisotopic (exact) mass is 515 g/mol. The van der Waals surface area contributed by atoms with E-state index in [1.807, 2.05) is 18.2 Å². The van der Waals surface area contributed by atoms with E-state index in [0.717, 1.165) is 43.9 Å². The van der Waals surface area contributed by atoms with E-state index >= 15 is 0 Å². The molecule has 12 heteroatoms. The largest absolute Gasteiger partial charge is 0.433 e. The molecule has 36 heavy (non-hydrogen) atoms. The number of nitrogens with one attached hydrogen (secondary N) is 4. The number of amides is 1. The predicted molar refractivity (Wildman–Crippen MR) is 134 cm³/mol. The molecule has 0 bridgehead atoms. The van der Waals surface area contributed by atoms with Crippen LogP contribution < -0.4 is 30.9 Å². The molecule has 0 radical (unpaired) electrons. The van der Waals surface area contributed by atoms with Gasteiger partial charge in [0.15, 0.2) is 11.6 Å². The maximum atomic E-state index is 13.2. The number of hydrogen-bond acceptors (Lipinski definition) is 8. The van der Waals surface area contributed by atoms with Gasteiger partial charge in [0.05, 0.1) is 23.1 Å². The zero-order chi connectivity index (χ0) is 25.1. The maximum absolute atomic E-state index is 13.2. The summed E-state index contributed by atoms with van der Waals surface area (Å²) in [5.41, 5.74) is 3.00. The van der Waals surface area contributed by atoms with Crippen molar-refractivity contribution in [2.45, 2.75) is 19.6 Å². The Hall–Kier alpha value is -3.70. The van der Waals surface area contributed by atoms with Gasteiger partial charge < -0.3 is 30.9 Å². The molecule has 9 nitrogen and oxygen atoms in total. The molecule has 1 aromatic heterocycles. The Kier molecular flexibility index (Phi) is 7.01. The molecule has 0 atom stereocenters. The summed E-state index contributed by atoms with van der Waals surface area (Å²) in [5.74, 6) is 0.160. The lowest BCUT2D eigenvalue weighted by Gasteiger charge is -2.24. The first kappa shape index (κ1) is 24.0. The number of ether oxygens (including phenoxy) is 1. The second-order valence-corrected chi connectivity index (χ2v) is 8.72. The van der Waals surface area contributed by atoms with Crippen molar-refractivity contribution in [1.82, 2.24) is 20.6 Å². The maximum Gasteiger partial charge on any atom is 0.387 e. The molecule has 0 aliphatic carbocycles. The third-order valence-electron chi connectivity index (χ3n) is 5.95. The van der Waals surface area contributed by atoms with Crippen LogP contribution in [0.2, 0.25) is 5.02 Å². The van der Waals surface area contributed by atoms with Crippen molar-refractivity contribution in [3.63, 3.8) is 0 Å². The highest BCUT2D eigenvalue weighted by Crippen LogP contribution is 2.34. The summed E-state index contributed by atoms with van der Waals surface area (Å²) in [4.78, 5) is 22.9. The van der Waals surface area contributed by atoms with Crippen LogP contribution in [0.25, 0.3) is 0 Å². The van der Waals surface area contributed by atoms with E-state index in [1.165, 1.54) is 6.20 Å². The lowest BCUT2D eigenvalue weighted by molar-refractivity contribution is -0.0493. The summed E-state index contributed by atoms with van der Waals surface area (Å²) < 4.78 is 31.2. The van der Waals surface area contributed by atoms with Crippen molar-refractivity contribution < 1.29 is 18.3 Å². The SMILES string of the molecule is O=C1NCc2cccc(Nc3nc(Nc4ccc(N5CCCNCC5)cc4OC(F)F)ncc3Cl)c21. The molecule has 188 valence electrons. The molecule has 4 N–H and O–H groups in total. The van der Waals surface area contributed by atoms with Gasteiger partial charge in [-0.3, -0.25) is 4.79 Å². The van der Waals surface area contributed by atoms with Crippen molar-refractivity contribution in [2.75, 3.05) is 41.7 Å². The third kappa shape index (κ3) is 5.26. The topological polar surface area (TPSA) is 103 Å². The lowest BCUT2D eigenvalue weighted by atomic mass is 10.1. The molecule has 0 saturated carbocycles. The van der Waals surface area contributed by atoms with Gasteiger partial charge in [0.1, 0.15) is 5.02 Å². The van der Waals surface area contributed by atoms with E-state index in [4.69, 9.17) is 16.3 Å². The third-order valence-corrected chi connectivity index (χ3v) is 6.22. The van der Waals surface area contributed by atoms with Crippen molar-refractivity contribution in [1.29, 1.82) is 0 Å². The van der Waals surface area contributed by atoms with Crippen LogP contribution >= 0.6 is 11.6 Å². The van der Waals surface area contributed by atoms with Crippen LogP contribution in [0.4, 0.5) is 37.6 Å². The van der Waals surface area contributed by atoms with Gasteiger partial charge in [-0.2, -0.15) is 13.8 Å². The summed E-state index contributed by atoms with van der Waals surface area (Å²) >= 11 is 6.31. The summed E-state index contributed by atoms with van der Waals surface area (Å²) in [6.07, 6.45) is 2.33. The summed E-state index contributed by atoms with van der Waals surface area (Å²) in [7, 11) is 0. The van der Waals surface area contributed by atoms with Gasteiger partial charge in [-0.15, -0.1) is 0 Å². The Morgan fingerprint density at radius 1 is 1.11 bits per heavy atom. The minimum absolute atomic E-state index is 0.0229. The Morgan fingerprint density at radius 3 is 2.86 bits per heavy atom. The van der Waals surface area contributed by atoms with Gasteiger partial charge in [-0.25, -0.2) is 4.98 Å². The van der Waals surface area contributed by atoms with Crippen LogP contribution in [0.3, 0.4) is 0 Å². The van der Waals surface area contributed by atoms with Gasteiger partial charge in [0, 0.05) is 37.9 Å². The van der Waals surface area contributed by atoms with E-state index in [2.05, 4.69) is 36.1 Å². The molecule has 1 fully saturated rings. The summed E-state index contributed by atoms with van der Waals surface area (Å²) in [5, 5.41) is 12.4. The molecule has 3 heterocycles. The first-order valence-electron chi connectivity index (χ1n) is 11.5. The number of carbonyl (C=O) groups is 1. The molecule has 5 rings (SSSR count). The van der Waals surface area contributed by atoms with Gasteiger partial charge in [0.25, 0.3) is 5.91 Å². The molecule has 3 aromatic rings. The fourth-order valence-corrected chi connectivity index (χ4v) is 4.39. The Bertz CT molecular complexity index is 1270. The van der Waals surface area contributed by atoms with Crippen LogP contribution in [0.1, 0.15) is 22.3 Å². The number of alkyl halides is 2. The fourth-order valence-electron chi connectivity index (χ4n) is 4.26. The number of benzene rings is 2. The van der Waals surface area contributed by atoms with Crippen molar-refractivity contribution in [3.8, 4) is 5.75 Å². The Labute approximate surface area is 211 Å². The van der Waals surface area contributed by atoms with Crippen LogP contribution in [0, 0.1) is 0 Å². The smallest absolute Gasteiger partial charge is 0.387 e. The van der Waals surface area contributed by atoms with Crippen molar-refractivity contribution in [3.05, 3.63) is 58.7 Å². The second-order valence-electron chi connectivity index (χ2n) is 8.31.